The van der Waals surface area contributed by atoms with Gasteiger partial charge in [0.1, 0.15) is 6.10 Å². The third-order valence-electron chi connectivity index (χ3n) is 6.26. The first-order valence-corrected chi connectivity index (χ1v) is 10.9. The van der Waals surface area contributed by atoms with Gasteiger partial charge in [0.2, 0.25) is 0 Å². The Morgan fingerprint density at radius 2 is 1.72 bits per heavy atom. The lowest BCUT2D eigenvalue weighted by Crippen LogP contribution is -2.40. The number of hydrogen-bond donors (Lipinski definition) is 0. The summed E-state index contributed by atoms with van der Waals surface area (Å²) in [5, 5.41) is 1.12. The highest BCUT2D eigenvalue weighted by Crippen LogP contribution is 2.45. The van der Waals surface area contributed by atoms with E-state index >= 15 is 0 Å². The van der Waals surface area contributed by atoms with E-state index in [1.54, 1.807) is 11.6 Å². The van der Waals surface area contributed by atoms with Gasteiger partial charge in [-0.2, -0.15) is 0 Å². The summed E-state index contributed by atoms with van der Waals surface area (Å²) in [6.45, 7) is 4.60. The van der Waals surface area contributed by atoms with Crippen LogP contribution in [0.15, 0.2) is 64.2 Å². The van der Waals surface area contributed by atoms with Gasteiger partial charge >= 0.3 is 5.69 Å². The molecule has 1 aliphatic heterocycles. The molecule has 0 bridgehead atoms. The van der Waals surface area contributed by atoms with Crippen LogP contribution in [0.1, 0.15) is 31.2 Å². The third kappa shape index (κ3) is 2.90. The van der Waals surface area contributed by atoms with Crippen molar-refractivity contribution in [2.45, 2.75) is 25.5 Å². The zero-order valence-corrected chi connectivity index (χ0v) is 19.2. The molecule has 2 aromatic carbocycles. The van der Waals surface area contributed by atoms with Gasteiger partial charge in [0.05, 0.1) is 34.4 Å². The standard InChI is InChI=1S/C25H24ClN3O3/c1-25(2)14-32-22(16-11-8-12-17(26)13-16)21-20-18(23(30)28(4)24(31)27(20)3)19(29(21)25)15-9-6-5-7-10-15/h5-13,22H,14H2,1-4H3. The van der Waals surface area contributed by atoms with Gasteiger partial charge in [-0.15, -0.1) is 0 Å². The Balaban J connectivity index is 2.02. The van der Waals surface area contributed by atoms with Crippen molar-refractivity contribution in [1.29, 1.82) is 0 Å². The fourth-order valence-electron chi connectivity index (χ4n) is 4.79. The smallest absolute Gasteiger partial charge is 0.331 e. The van der Waals surface area contributed by atoms with Crippen molar-refractivity contribution >= 4 is 22.5 Å². The first kappa shape index (κ1) is 20.8. The summed E-state index contributed by atoms with van der Waals surface area (Å²) in [6, 6.07) is 17.4. The fourth-order valence-corrected chi connectivity index (χ4v) is 4.99. The molecular weight excluding hydrogens is 426 g/mol. The van der Waals surface area contributed by atoms with Crippen molar-refractivity contribution in [3.05, 3.63) is 91.7 Å². The first-order valence-electron chi connectivity index (χ1n) is 10.5. The molecule has 164 valence electrons. The van der Waals surface area contributed by atoms with Crippen molar-refractivity contribution in [1.82, 2.24) is 13.7 Å². The van der Waals surface area contributed by atoms with Gasteiger partial charge in [0.15, 0.2) is 0 Å². The van der Waals surface area contributed by atoms with Crippen LogP contribution in [0.4, 0.5) is 0 Å². The van der Waals surface area contributed by atoms with Crippen LogP contribution in [0.25, 0.3) is 22.2 Å². The highest BCUT2D eigenvalue weighted by molar-refractivity contribution is 6.30. The maximum atomic E-state index is 13.5. The number of aromatic nitrogens is 3. The van der Waals surface area contributed by atoms with Crippen molar-refractivity contribution in [3.8, 4) is 11.3 Å². The lowest BCUT2D eigenvalue weighted by molar-refractivity contribution is -0.00706. The number of fused-ring (bicyclic) bond motifs is 3. The van der Waals surface area contributed by atoms with E-state index in [2.05, 4.69) is 18.4 Å². The minimum Gasteiger partial charge on any atom is -0.365 e. The zero-order chi connectivity index (χ0) is 22.8. The second-order valence-corrected chi connectivity index (χ2v) is 9.36. The SMILES string of the molecule is Cn1c(=O)c2c(-c3ccccc3)n3c(c2n(C)c1=O)C(c1cccc(Cl)c1)OCC3(C)C. The fraction of sp³-hybridized carbons (Fsp3) is 0.280. The topological polar surface area (TPSA) is 58.2 Å². The molecule has 32 heavy (non-hydrogen) atoms. The molecule has 3 heterocycles. The van der Waals surface area contributed by atoms with Gasteiger partial charge in [0.25, 0.3) is 5.56 Å². The van der Waals surface area contributed by atoms with Gasteiger partial charge < -0.3 is 9.30 Å². The third-order valence-corrected chi connectivity index (χ3v) is 6.50. The summed E-state index contributed by atoms with van der Waals surface area (Å²) in [6.07, 6.45) is -0.473. The van der Waals surface area contributed by atoms with E-state index in [0.29, 0.717) is 22.5 Å². The predicted octanol–water partition coefficient (Wildman–Crippen LogP) is 4.21. The van der Waals surface area contributed by atoms with Crippen LogP contribution in [0.2, 0.25) is 5.02 Å². The molecule has 0 saturated carbocycles. The van der Waals surface area contributed by atoms with Crippen LogP contribution >= 0.6 is 11.6 Å². The molecule has 2 aromatic heterocycles. The average Bonchev–Trinajstić information content (AvgIpc) is 3.14. The minimum atomic E-state index is -0.473. The summed E-state index contributed by atoms with van der Waals surface area (Å²) in [5.41, 5.74) is 2.83. The van der Waals surface area contributed by atoms with E-state index in [0.717, 1.165) is 22.5 Å². The molecule has 0 spiro atoms. The number of benzene rings is 2. The minimum absolute atomic E-state index is 0.315. The number of rotatable bonds is 2. The molecule has 6 nitrogen and oxygen atoms in total. The molecule has 0 N–H and O–H groups in total. The maximum absolute atomic E-state index is 13.5. The molecule has 0 aliphatic carbocycles. The maximum Gasteiger partial charge on any atom is 0.331 e. The van der Waals surface area contributed by atoms with Crippen molar-refractivity contribution < 1.29 is 4.74 Å². The van der Waals surface area contributed by atoms with E-state index < -0.39 is 11.6 Å². The summed E-state index contributed by atoms with van der Waals surface area (Å²) >= 11 is 6.30. The molecular formula is C25H24ClN3O3. The number of aryl methyl sites for hydroxylation is 1. The molecule has 1 unspecified atom stereocenters. The Hall–Kier alpha value is -3.09. The lowest BCUT2D eigenvalue weighted by Gasteiger charge is -2.39. The molecule has 0 amide bonds. The Labute approximate surface area is 190 Å². The Bertz CT molecular complexity index is 1480. The Morgan fingerprint density at radius 1 is 1.00 bits per heavy atom. The summed E-state index contributed by atoms with van der Waals surface area (Å²) in [7, 11) is 3.22. The molecule has 0 saturated heterocycles. The lowest BCUT2D eigenvalue weighted by atomic mass is 9.98. The molecule has 5 rings (SSSR count). The van der Waals surface area contributed by atoms with Crippen molar-refractivity contribution in [2.75, 3.05) is 6.61 Å². The summed E-state index contributed by atoms with van der Waals surface area (Å²) in [4.78, 5) is 26.4. The van der Waals surface area contributed by atoms with E-state index in [-0.39, 0.29) is 11.2 Å². The normalized spacial score (nSPS) is 17.5. The van der Waals surface area contributed by atoms with Gasteiger partial charge in [-0.05, 0) is 37.1 Å². The van der Waals surface area contributed by atoms with Crippen LogP contribution in [0.5, 0.6) is 0 Å². The molecule has 0 radical (unpaired) electrons. The number of nitrogens with zero attached hydrogens (tertiary/aromatic N) is 3. The van der Waals surface area contributed by atoms with E-state index in [1.807, 2.05) is 54.6 Å². The number of halogens is 1. The highest BCUT2D eigenvalue weighted by atomic mass is 35.5. The largest absolute Gasteiger partial charge is 0.365 e. The van der Waals surface area contributed by atoms with Crippen LogP contribution in [0.3, 0.4) is 0 Å². The van der Waals surface area contributed by atoms with Gasteiger partial charge in [0, 0.05) is 19.1 Å². The van der Waals surface area contributed by atoms with E-state index in [1.165, 1.54) is 11.6 Å². The van der Waals surface area contributed by atoms with E-state index in [4.69, 9.17) is 16.3 Å². The summed E-state index contributed by atoms with van der Waals surface area (Å²) in [5.74, 6) is 0. The number of hydrogen-bond acceptors (Lipinski definition) is 3. The van der Waals surface area contributed by atoms with Crippen LogP contribution in [-0.2, 0) is 24.4 Å². The monoisotopic (exact) mass is 449 g/mol. The second-order valence-electron chi connectivity index (χ2n) is 8.92. The van der Waals surface area contributed by atoms with Gasteiger partial charge in [-0.3, -0.25) is 13.9 Å². The number of ether oxygens (including phenoxy) is 1. The Morgan fingerprint density at radius 3 is 2.41 bits per heavy atom. The summed E-state index contributed by atoms with van der Waals surface area (Å²) < 4.78 is 11.3. The first-order chi connectivity index (χ1) is 15.2. The second kappa shape index (κ2) is 7.22. The van der Waals surface area contributed by atoms with E-state index in [9.17, 15) is 9.59 Å². The average molecular weight is 450 g/mol. The zero-order valence-electron chi connectivity index (χ0n) is 18.4. The molecule has 1 atom stereocenters. The molecule has 0 fully saturated rings. The molecule has 1 aliphatic rings. The highest BCUT2D eigenvalue weighted by Gasteiger charge is 2.40. The molecule has 4 aromatic rings. The molecule has 7 heteroatoms. The quantitative estimate of drug-likeness (QED) is 0.460. The van der Waals surface area contributed by atoms with Crippen LogP contribution in [0, 0.1) is 0 Å². The Kier molecular flexibility index (Phi) is 4.69. The van der Waals surface area contributed by atoms with Crippen LogP contribution < -0.4 is 11.2 Å². The predicted molar refractivity (Wildman–Crippen MR) is 126 cm³/mol. The van der Waals surface area contributed by atoms with Crippen molar-refractivity contribution in [3.63, 3.8) is 0 Å². The van der Waals surface area contributed by atoms with Crippen LogP contribution in [-0.4, -0.2) is 20.3 Å². The van der Waals surface area contributed by atoms with Crippen molar-refractivity contribution in [2.24, 2.45) is 14.1 Å². The van der Waals surface area contributed by atoms with Gasteiger partial charge in [-0.1, -0.05) is 54.1 Å². The van der Waals surface area contributed by atoms with Gasteiger partial charge in [-0.25, -0.2) is 4.79 Å².